The predicted molar refractivity (Wildman–Crippen MR) is 90.0 cm³/mol. The van der Waals surface area contributed by atoms with Gasteiger partial charge in [0, 0.05) is 28.7 Å². The average molecular weight is 320 g/mol. The highest BCUT2D eigenvalue weighted by Gasteiger charge is 2.40. The van der Waals surface area contributed by atoms with E-state index in [1.165, 1.54) is 7.11 Å². The third kappa shape index (κ3) is 1.80. The van der Waals surface area contributed by atoms with Crippen LogP contribution in [0.3, 0.4) is 0 Å². The van der Waals surface area contributed by atoms with Gasteiger partial charge in [-0.05, 0) is 30.2 Å². The van der Waals surface area contributed by atoms with Crippen molar-refractivity contribution in [2.45, 2.75) is 13.3 Å². The molecular weight excluding hydrogens is 304 g/mol. The van der Waals surface area contributed by atoms with Crippen LogP contribution in [0.5, 0.6) is 11.5 Å². The number of Topliss-reactive ketones (excluding diaryl/α,β-unsaturated/α-hetero) is 2. The van der Waals surface area contributed by atoms with Crippen LogP contribution in [0, 0.1) is 6.92 Å². The first-order valence-corrected chi connectivity index (χ1v) is 7.74. The lowest BCUT2D eigenvalue weighted by molar-refractivity contribution is 0.0988. The number of aryl methyl sites for hydroxylation is 1. The van der Waals surface area contributed by atoms with E-state index in [9.17, 15) is 9.59 Å². The van der Waals surface area contributed by atoms with Crippen molar-refractivity contribution in [3.8, 4) is 11.5 Å². The third-order valence-electron chi connectivity index (χ3n) is 4.69. The van der Waals surface area contributed by atoms with Crippen LogP contribution in [0.25, 0.3) is 5.57 Å². The number of methoxy groups -OCH3 is 2. The maximum Gasteiger partial charge on any atom is 0.195 e. The molecule has 0 saturated carbocycles. The smallest absolute Gasteiger partial charge is 0.195 e. The van der Waals surface area contributed by atoms with Crippen molar-refractivity contribution in [1.82, 2.24) is 0 Å². The summed E-state index contributed by atoms with van der Waals surface area (Å²) in [6.07, 6.45) is 0.449. The Balaban J connectivity index is 1.99. The fourth-order valence-corrected chi connectivity index (χ4v) is 3.69. The number of carbonyl (C=O) groups excluding carboxylic acids is 2. The van der Waals surface area contributed by atoms with Gasteiger partial charge in [0.2, 0.25) is 0 Å². The van der Waals surface area contributed by atoms with Gasteiger partial charge in [0.25, 0.3) is 0 Å². The second-order valence-electron chi connectivity index (χ2n) is 6.07. The van der Waals surface area contributed by atoms with Gasteiger partial charge < -0.3 is 9.47 Å². The maximum absolute atomic E-state index is 13.1. The Labute approximate surface area is 139 Å². The Bertz CT molecular complexity index is 950. The lowest BCUT2D eigenvalue weighted by atomic mass is 9.83. The number of rotatable bonds is 2. The van der Waals surface area contributed by atoms with Gasteiger partial charge in [0.1, 0.15) is 11.5 Å². The van der Waals surface area contributed by atoms with E-state index in [1.54, 1.807) is 25.3 Å². The summed E-state index contributed by atoms with van der Waals surface area (Å²) in [7, 11) is 3.09. The molecule has 120 valence electrons. The zero-order valence-electron chi connectivity index (χ0n) is 13.7. The lowest BCUT2D eigenvalue weighted by Gasteiger charge is -2.19. The highest BCUT2D eigenvalue weighted by molar-refractivity contribution is 6.42. The highest BCUT2D eigenvalue weighted by Crippen LogP contribution is 2.46. The molecule has 0 bridgehead atoms. The molecular formula is C20H16O4. The number of benzene rings is 2. The van der Waals surface area contributed by atoms with Crippen molar-refractivity contribution in [3.63, 3.8) is 0 Å². The monoisotopic (exact) mass is 320 g/mol. The van der Waals surface area contributed by atoms with Crippen LogP contribution in [0.4, 0.5) is 0 Å². The number of hydrogen-bond donors (Lipinski definition) is 0. The quantitative estimate of drug-likeness (QED) is 0.851. The van der Waals surface area contributed by atoms with Gasteiger partial charge in [-0.3, -0.25) is 9.59 Å². The molecule has 2 aliphatic rings. The van der Waals surface area contributed by atoms with Gasteiger partial charge >= 0.3 is 0 Å². The molecule has 0 N–H and O–H groups in total. The molecule has 0 atom stereocenters. The number of fused-ring (bicyclic) bond motifs is 3. The Hall–Kier alpha value is -2.88. The van der Waals surface area contributed by atoms with E-state index in [0.29, 0.717) is 40.2 Å². The SMILES string of the molecule is COc1cc(C)cc2c1C1=C(C2)C(=O)c2c(OC)cccc2C1=O. The first kappa shape index (κ1) is 14.7. The number of allylic oxidation sites excluding steroid dienone is 2. The number of carbonyl (C=O) groups is 2. The molecule has 0 unspecified atom stereocenters. The molecule has 0 aliphatic heterocycles. The minimum Gasteiger partial charge on any atom is -0.496 e. The van der Waals surface area contributed by atoms with Crippen LogP contribution in [0.2, 0.25) is 0 Å². The predicted octanol–water partition coefficient (Wildman–Crippen LogP) is 3.40. The Morgan fingerprint density at radius 3 is 2.38 bits per heavy atom. The third-order valence-corrected chi connectivity index (χ3v) is 4.69. The first-order valence-electron chi connectivity index (χ1n) is 7.74. The van der Waals surface area contributed by atoms with Crippen LogP contribution in [0.1, 0.15) is 37.4 Å². The zero-order chi connectivity index (χ0) is 17.0. The molecule has 2 aromatic rings. The standard InChI is InChI=1S/C20H16O4/c1-10-7-11-9-13-18(16(11)15(8-10)24-3)19(21)12-5-4-6-14(23-2)17(12)20(13)22/h4-8H,9H2,1-3H3. The maximum atomic E-state index is 13.1. The van der Waals surface area contributed by atoms with Gasteiger partial charge in [-0.1, -0.05) is 18.2 Å². The van der Waals surface area contributed by atoms with Crippen LogP contribution in [-0.2, 0) is 6.42 Å². The molecule has 4 nitrogen and oxygen atoms in total. The molecule has 0 fully saturated rings. The van der Waals surface area contributed by atoms with Crippen molar-refractivity contribution in [3.05, 3.63) is 63.7 Å². The second-order valence-corrected chi connectivity index (χ2v) is 6.07. The molecule has 4 rings (SSSR count). The number of ether oxygens (including phenoxy) is 2. The summed E-state index contributed by atoms with van der Waals surface area (Å²) in [4.78, 5) is 26.2. The van der Waals surface area contributed by atoms with E-state index < -0.39 is 0 Å². The van der Waals surface area contributed by atoms with E-state index in [2.05, 4.69) is 0 Å². The van der Waals surface area contributed by atoms with Gasteiger partial charge in [0.15, 0.2) is 11.6 Å². The number of hydrogen-bond acceptors (Lipinski definition) is 4. The minimum absolute atomic E-state index is 0.132. The van der Waals surface area contributed by atoms with Crippen LogP contribution in [0.15, 0.2) is 35.9 Å². The molecule has 0 amide bonds. The van der Waals surface area contributed by atoms with Crippen molar-refractivity contribution >= 4 is 17.1 Å². The summed E-state index contributed by atoms with van der Waals surface area (Å²) in [5.74, 6) is 0.811. The molecule has 0 spiro atoms. The second kappa shape index (κ2) is 5.06. The van der Waals surface area contributed by atoms with Crippen LogP contribution < -0.4 is 9.47 Å². The summed E-state index contributed by atoms with van der Waals surface area (Å²) in [6, 6.07) is 9.03. The summed E-state index contributed by atoms with van der Waals surface area (Å²) < 4.78 is 10.8. The molecule has 0 heterocycles. The molecule has 4 heteroatoms. The molecule has 2 aliphatic carbocycles. The van der Waals surface area contributed by atoms with Gasteiger partial charge in [0.05, 0.1) is 19.8 Å². The van der Waals surface area contributed by atoms with E-state index in [-0.39, 0.29) is 11.6 Å². The zero-order valence-corrected chi connectivity index (χ0v) is 13.7. The van der Waals surface area contributed by atoms with Crippen molar-refractivity contribution < 1.29 is 19.1 Å². The topological polar surface area (TPSA) is 52.6 Å². The van der Waals surface area contributed by atoms with Gasteiger partial charge in [-0.25, -0.2) is 0 Å². The van der Waals surface area contributed by atoms with Crippen molar-refractivity contribution in [2.24, 2.45) is 0 Å². The van der Waals surface area contributed by atoms with Gasteiger partial charge in [-0.15, -0.1) is 0 Å². The molecule has 0 aromatic heterocycles. The summed E-state index contributed by atoms with van der Waals surface area (Å²) in [5.41, 5.74) is 4.54. The Kier molecular flexibility index (Phi) is 3.10. The Morgan fingerprint density at radius 2 is 1.67 bits per heavy atom. The summed E-state index contributed by atoms with van der Waals surface area (Å²) >= 11 is 0. The highest BCUT2D eigenvalue weighted by atomic mass is 16.5. The largest absolute Gasteiger partial charge is 0.496 e. The van der Waals surface area contributed by atoms with Crippen LogP contribution >= 0.6 is 0 Å². The minimum atomic E-state index is -0.139. The normalized spacial score (nSPS) is 15.1. The molecule has 24 heavy (non-hydrogen) atoms. The van der Waals surface area contributed by atoms with E-state index in [1.807, 2.05) is 19.1 Å². The Morgan fingerprint density at radius 1 is 0.917 bits per heavy atom. The van der Waals surface area contributed by atoms with Gasteiger partial charge in [-0.2, -0.15) is 0 Å². The number of ketones is 2. The van der Waals surface area contributed by atoms with Crippen molar-refractivity contribution in [1.29, 1.82) is 0 Å². The average Bonchev–Trinajstić information content (AvgIpc) is 2.97. The fourth-order valence-electron chi connectivity index (χ4n) is 3.69. The summed E-state index contributed by atoms with van der Waals surface area (Å²) in [5, 5.41) is 0. The van der Waals surface area contributed by atoms with E-state index in [0.717, 1.165) is 16.7 Å². The van der Waals surface area contributed by atoms with Crippen molar-refractivity contribution in [2.75, 3.05) is 14.2 Å². The van der Waals surface area contributed by atoms with Crippen LogP contribution in [-0.4, -0.2) is 25.8 Å². The fraction of sp³-hybridized carbons (Fsp3) is 0.200. The first-order chi connectivity index (χ1) is 11.6. The molecule has 0 radical (unpaired) electrons. The summed E-state index contributed by atoms with van der Waals surface area (Å²) in [6.45, 7) is 1.97. The molecule has 0 saturated heterocycles. The molecule has 2 aromatic carbocycles. The van der Waals surface area contributed by atoms with E-state index in [4.69, 9.17) is 9.47 Å². The lowest BCUT2D eigenvalue weighted by Crippen LogP contribution is -2.20. The van der Waals surface area contributed by atoms with E-state index >= 15 is 0 Å².